The molecular formula is C19H29N2OS+. The SMILES string of the molecule is C[NH+](CC(=O)NCC12CC3CC(CC(C3)C1)C2)Cc1ccsc1. The normalized spacial score (nSPS) is 36.1. The van der Waals surface area contributed by atoms with Crippen molar-refractivity contribution in [2.24, 2.45) is 23.2 Å². The highest BCUT2D eigenvalue weighted by molar-refractivity contribution is 7.07. The van der Waals surface area contributed by atoms with Crippen molar-refractivity contribution >= 4 is 17.2 Å². The summed E-state index contributed by atoms with van der Waals surface area (Å²) in [6.45, 7) is 2.46. The number of nitrogens with one attached hydrogen (secondary N) is 2. The number of hydrogen-bond donors (Lipinski definition) is 2. The van der Waals surface area contributed by atoms with Gasteiger partial charge in [-0.25, -0.2) is 0 Å². The van der Waals surface area contributed by atoms with E-state index in [9.17, 15) is 4.79 Å². The Bertz CT molecular complexity index is 518. The third kappa shape index (κ3) is 3.48. The molecule has 0 saturated heterocycles. The molecule has 4 bridgehead atoms. The van der Waals surface area contributed by atoms with Gasteiger partial charge in [-0.2, -0.15) is 11.3 Å². The van der Waals surface area contributed by atoms with Crippen molar-refractivity contribution < 1.29 is 9.69 Å². The molecule has 3 nitrogen and oxygen atoms in total. The van der Waals surface area contributed by atoms with Crippen LogP contribution in [-0.4, -0.2) is 26.0 Å². The van der Waals surface area contributed by atoms with Gasteiger partial charge in [-0.3, -0.25) is 4.79 Å². The average Bonchev–Trinajstić information content (AvgIpc) is 2.96. The van der Waals surface area contributed by atoms with Crippen molar-refractivity contribution in [3.05, 3.63) is 22.4 Å². The first-order valence-electron chi connectivity index (χ1n) is 9.19. The topological polar surface area (TPSA) is 33.5 Å². The Morgan fingerprint density at radius 3 is 2.48 bits per heavy atom. The van der Waals surface area contributed by atoms with Crippen LogP contribution in [0, 0.1) is 23.2 Å². The molecule has 4 fully saturated rings. The highest BCUT2D eigenvalue weighted by Crippen LogP contribution is 2.59. The monoisotopic (exact) mass is 333 g/mol. The zero-order chi connectivity index (χ0) is 15.9. The van der Waals surface area contributed by atoms with E-state index in [0.29, 0.717) is 12.0 Å². The van der Waals surface area contributed by atoms with Crippen LogP contribution in [0.2, 0.25) is 0 Å². The van der Waals surface area contributed by atoms with Crippen LogP contribution >= 0.6 is 11.3 Å². The van der Waals surface area contributed by atoms with E-state index in [2.05, 4.69) is 29.2 Å². The second kappa shape index (κ2) is 6.21. The van der Waals surface area contributed by atoms with Gasteiger partial charge in [0.25, 0.3) is 5.91 Å². The first-order valence-corrected chi connectivity index (χ1v) is 10.1. The second-order valence-electron chi connectivity index (χ2n) is 8.64. The third-order valence-corrected chi connectivity index (χ3v) is 7.11. The van der Waals surface area contributed by atoms with E-state index in [1.165, 1.54) is 49.0 Å². The van der Waals surface area contributed by atoms with Crippen molar-refractivity contribution in [3.8, 4) is 0 Å². The zero-order valence-corrected chi connectivity index (χ0v) is 15.0. The summed E-state index contributed by atoms with van der Waals surface area (Å²) in [6, 6.07) is 2.15. The Morgan fingerprint density at radius 2 is 1.91 bits per heavy atom. The maximum absolute atomic E-state index is 12.3. The molecule has 0 aliphatic heterocycles. The summed E-state index contributed by atoms with van der Waals surface area (Å²) in [4.78, 5) is 13.6. The van der Waals surface area contributed by atoms with Gasteiger partial charge in [-0.15, -0.1) is 0 Å². The number of quaternary nitrogens is 1. The summed E-state index contributed by atoms with van der Waals surface area (Å²) in [6.07, 6.45) is 8.53. The largest absolute Gasteiger partial charge is 0.351 e. The van der Waals surface area contributed by atoms with Gasteiger partial charge in [0.2, 0.25) is 0 Å². The van der Waals surface area contributed by atoms with Crippen LogP contribution in [-0.2, 0) is 11.3 Å². The Hall–Kier alpha value is -0.870. The van der Waals surface area contributed by atoms with Crippen LogP contribution in [0.3, 0.4) is 0 Å². The molecule has 0 radical (unpaired) electrons. The number of rotatable bonds is 6. The van der Waals surface area contributed by atoms with E-state index >= 15 is 0 Å². The van der Waals surface area contributed by atoms with E-state index in [1.54, 1.807) is 11.3 Å². The standard InChI is InChI=1S/C19H28N2OS/c1-21(10-14-2-3-23-12-14)11-18(22)20-13-19-7-15-4-16(8-19)6-17(5-15)9-19/h2-3,12,15-17H,4-11,13H2,1H3,(H,20,22)/p+1. The molecule has 23 heavy (non-hydrogen) atoms. The molecule has 126 valence electrons. The number of carbonyl (C=O) groups is 1. The summed E-state index contributed by atoms with van der Waals surface area (Å²) in [5.41, 5.74) is 1.78. The van der Waals surface area contributed by atoms with E-state index in [4.69, 9.17) is 0 Å². The predicted octanol–water partition coefficient (Wildman–Crippen LogP) is 2.10. The number of likely N-dealkylation sites (N-methyl/N-ethyl adjacent to an activating group) is 1. The van der Waals surface area contributed by atoms with Crippen LogP contribution in [0.1, 0.15) is 44.1 Å². The molecule has 1 unspecified atom stereocenters. The van der Waals surface area contributed by atoms with E-state index in [-0.39, 0.29) is 5.91 Å². The summed E-state index contributed by atoms with van der Waals surface area (Å²) >= 11 is 1.73. The van der Waals surface area contributed by atoms with Gasteiger partial charge < -0.3 is 10.2 Å². The third-order valence-electron chi connectivity index (χ3n) is 6.37. The van der Waals surface area contributed by atoms with Gasteiger partial charge in [-0.1, -0.05) is 0 Å². The highest BCUT2D eigenvalue weighted by Gasteiger charge is 2.50. The quantitative estimate of drug-likeness (QED) is 0.821. The minimum atomic E-state index is 0.230. The van der Waals surface area contributed by atoms with Gasteiger partial charge in [0, 0.05) is 12.1 Å². The maximum atomic E-state index is 12.3. The predicted molar refractivity (Wildman–Crippen MR) is 93.4 cm³/mol. The molecular weight excluding hydrogens is 304 g/mol. The van der Waals surface area contributed by atoms with Crippen molar-refractivity contribution in [1.29, 1.82) is 0 Å². The number of thiophene rings is 1. The number of hydrogen-bond acceptors (Lipinski definition) is 2. The Balaban J connectivity index is 1.26. The molecule has 5 rings (SSSR count). The lowest BCUT2D eigenvalue weighted by Crippen LogP contribution is -3.08. The average molecular weight is 334 g/mol. The van der Waals surface area contributed by atoms with Crippen molar-refractivity contribution in [2.75, 3.05) is 20.1 Å². The second-order valence-corrected chi connectivity index (χ2v) is 9.42. The van der Waals surface area contributed by atoms with Crippen molar-refractivity contribution in [3.63, 3.8) is 0 Å². The van der Waals surface area contributed by atoms with Gasteiger partial charge in [0.15, 0.2) is 6.54 Å². The fraction of sp³-hybridized carbons (Fsp3) is 0.737. The molecule has 4 heteroatoms. The van der Waals surface area contributed by atoms with Gasteiger partial charge in [0.1, 0.15) is 6.54 Å². The molecule has 1 amide bonds. The van der Waals surface area contributed by atoms with Gasteiger partial charge in [0.05, 0.1) is 7.05 Å². The van der Waals surface area contributed by atoms with Gasteiger partial charge >= 0.3 is 0 Å². The molecule has 4 aliphatic carbocycles. The summed E-state index contributed by atoms with van der Waals surface area (Å²) in [5.74, 6) is 3.12. The molecule has 2 N–H and O–H groups in total. The number of amides is 1. The van der Waals surface area contributed by atoms with Gasteiger partial charge in [-0.05, 0) is 78.5 Å². The summed E-state index contributed by atoms with van der Waals surface area (Å²) in [7, 11) is 2.11. The van der Waals surface area contributed by atoms with Crippen molar-refractivity contribution in [2.45, 2.75) is 45.1 Å². The Morgan fingerprint density at radius 1 is 1.26 bits per heavy atom. The Kier molecular flexibility index (Phi) is 4.22. The maximum Gasteiger partial charge on any atom is 0.275 e. The fourth-order valence-corrected chi connectivity index (χ4v) is 6.60. The molecule has 4 aliphatic rings. The first-order chi connectivity index (χ1) is 11.1. The van der Waals surface area contributed by atoms with Crippen LogP contribution in [0.5, 0.6) is 0 Å². The minimum Gasteiger partial charge on any atom is -0.351 e. The molecule has 1 atom stereocenters. The molecule has 4 saturated carbocycles. The van der Waals surface area contributed by atoms with E-state index in [0.717, 1.165) is 30.8 Å². The van der Waals surface area contributed by atoms with E-state index < -0.39 is 0 Å². The molecule has 1 aromatic rings. The minimum absolute atomic E-state index is 0.230. The first kappa shape index (κ1) is 15.6. The zero-order valence-electron chi connectivity index (χ0n) is 14.1. The summed E-state index contributed by atoms with van der Waals surface area (Å²) < 4.78 is 0. The smallest absolute Gasteiger partial charge is 0.275 e. The lowest BCUT2D eigenvalue weighted by atomic mass is 9.49. The van der Waals surface area contributed by atoms with E-state index in [1.807, 2.05) is 0 Å². The summed E-state index contributed by atoms with van der Waals surface area (Å²) in [5, 5.41) is 7.58. The van der Waals surface area contributed by atoms with Crippen LogP contribution in [0.4, 0.5) is 0 Å². The fourth-order valence-electron chi connectivity index (χ4n) is 5.93. The number of carbonyl (C=O) groups excluding carboxylic acids is 1. The Labute approximate surface area is 143 Å². The van der Waals surface area contributed by atoms with Crippen molar-refractivity contribution in [1.82, 2.24) is 5.32 Å². The molecule has 1 aromatic heterocycles. The highest BCUT2D eigenvalue weighted by atomic mass is 32.1. The van der Waals surface area contributed by atoms with Crippen LogP contribution in [0.25, 0.3) is 0 Å². The molecule has 1 heterocycles. The lowest BCUT2D eigenvalue weighted by molar-refractivity contribution is -0.885. The molecule has 0 aromatic carbocycles. The van der Waals surface area contributed by atoms with Crippen LogP contribution in [0.15, 0.2) is 16.8 Å². The van der Waals surface area contributed by atoms with Crippen LogP contribution < -0.4 is 10.2 Å². The molecule has 0 spiro atoms. The lowest BCUT2D eigenvalue weighted by Gasteiger charge is -2.56.